The Balaban J connectivity index is 2.11. The van der Waals surface area contributed by atoms with Gasteiger partial charge >= 0.3 is 0 Å². The average molecular weight is 309 g/mol. The van der Waals surface area contributed by atoms with Crippen LogP contribution in [0.25, 0.3) is 0 Å². The number of thiophene rings is 1. The van der Waals surface area contributed by atoms with E-state index < -0.39 is 0 Å². The van der Waals surface area contributed by atoms with Gasteiger partial charge in [0.25, 0.3) is 0 Å². The molecule has 2 aromatic heterocycles. The zero-order valence-corrected chi connectivity index (χ0v) is 13.8. The Kier molecular flexibility index (Phi) is 5.44. The predicted molar refractivity (Wildman–Crippen MR) is 89.2 cm³/mol. The number of halogens is 1. The van der Waals surface area contributed by atoms with Gasteiger partial charge in [-0.25, -0.2) is 4.98 Å². The van der Waals surface area contributed by atoms with Crippen LogP contribution in [-0.2, 0) is 12.3 Å². The highest BCUT2D eigenvalue weighted by atomic mass is 35.5. The number of hydrogen-bond acceptors (Lipinski definition) is 3. The van der Waals surface area contributed by atoms with Crippen molar-refractivity contribution in [2.45, 2.75) is 32.1 Å². The fraction of sp³-hybridized carbons (Fsp3) is 0.438. The molecule has 0 atom stereocenters. The van der Waals surface area contributed by atoms with Gasteiger partial charge in [-0.1, -0.05) is 19.9 Å². The molecule has 0 aromatic carbocycles. The monoisotopic (exact) mass is 308 g/mol. The molecule has 2 heterocycles. The maximum Gasteiger partial charge on any atom is 0.128 e. The summed E-state index contributed by atoms with van der Waals surface area (Å²) in [6.07, 6.45) is 1.05. The molecule has 0 saturated carbocycles. The summed E-state index contributed by atoms with van der Waals surface area (Å²) < 4.78 is 0. The van der Waals surface area contributed by atoms with E-state index in [1.165, 1.54) is 4.88 Å². The van der Waals surface area contributed by atoms with E-state index in [1.54, 1.807) is 0 Å². The van der Waals surface area contributed by atoms with Crippen LogP contribution < -0.4 is 4.90 Å². The van der Waals surface area contributed by atoms with Gasteiger partial charge in [0.2, 0.25) is 0 Å². The van der Waals surface area contributed by atoms with Crippen molar-refractivity contribution in [2.24, 2.45) is 0 Å². The summed E-state index contributed by atoms with van der Waals surface area (Å²) in [5, 5.41) is 2.12. The first-order valence-corrected chi connectivity index (χ1v) is 8.32. The van der Waals surface area contributed by atoms with E-state index in [1.807, 2.05) is 11.3 Å². The van der Waals surface area contributed by atoms with E-state index in [2.05, 4.69) is 55.4 Å². The lowest BCUT2D eigenvalue weighted by Crippen LogP contribution is -2.21. The Bertz CT molecular complexity index is 537. The summed E-state index contributed by atoms with van der Waals surface area (Å²) in [4.78, 5) is 8.37. The summed E-state index contributed by atoms with van der Waals surface area (Å²) in [5.74, 6) is 1.97. The molecule has 0 spiro atoms. The van der Waals surface area contributed by atoms with Gasteiger partial charge in [0.15, 0.2) is 0 Å². The van der Waals surface area contributed by atoms with Crippen LogP contribution in [0.15, 0.2) is 29.6 Å². The fourth-order valence-electron chi connectivity index (χ4n) is 2.01. The number of likely N-dealkylation sites (N-methyl/N-ethyl adjacent to an activating group) is 1. The molecule has 0 radical (unpaired) electrons. The minimum atomic E-state index is 0.419. The van der Waals surface area contributed by atoms with Crippen LogP contribution in [0.5, 0.6) is 0 Å². The fourth-order valence-corrected chi connectivity index (χ4v) is 2.86. The Labute approximate surface area is 130 Å². The quantitative estimate of drug-likeness (QED) is 0.720. The van der Waals surface area contributed by atoms with E-state index in [-0.39, 0.29) is 0 Å². The molecule has 108 valence electrons. The Morgan fingerprint density at radius 3 is 2.75 bits per heavy atom. The van der Waals surface area contributed by atoms with Crippen LogP contribution in [0.3, 0.4) is 0 Å². The van der Waals surface area contributed by atoms with Crippen LogP contribution in [0.1, 0.15) is 35.9 Å². The topological polar surface area (TPSA) is 16.1 Å². The third kappa shape index (κ3) is 3.97. The molecule has 20 heavy (non-hydrogen) atoms. The van der Waals surface area contributed by atoms with Crippen LogP contribution >= 0.6 is 22.9 Å². The maximum absolute atomic E-state index is 5.99. The van der Waals surface area contributed by atoms with Gasteiger partial charge < -0.3 is 4.90 Å². The molecule has 2 aromatic rings. The molecule has 0 aliphatic rings. The van der Waals surface area contributed by atoms with Crippen molar-refractivity contribution < 1.29 is 0 Å². The molecule has 2 rings (SSSR count). The highest BCUT2D eigenvalue weighted by Gasteiger charge is 2.09. The summed E-state index contributed by atoms with van der Waals surface area (Å²) in [5.41, 5.74) is 2.25. The van der Waals surface area contributed by atoms with Crippen molar-refractivity contribution in [1.82, 2.24) is 4.98 Å². The third-order valence-corrected chi connectivity index (χ3v) is 4.55. The Morgan fingerprint density at radius 1 is 1.35 bits per heavy atom. The van der Waals surface area contributed by atoms with Crippen molar-refractivity contribution in [2.75, 3.05) is 18.5 Å². The van der Waals surface area contributed by atoms with Gasteiger partial charge in [-0.3, -0.25) is 0 Å². The van der Waals surface area contributed by atoms with Crippen molar-refractivity contribution in [3.05, 3.63) is 45.8 Å². The molecule has 0 saturated heterocycles. The molecule has 0 unspecified atom stereocenters. The van der Waals surface area contributed by atoms with E-state index in [4.69, 9.17) is 16.6 Å². The summed E-state index contributed by atoms with van der Waals surface area (Å²) >= 11 is 7.80. The molecule has 0 amide bonds. The molecule has 2 nitrogen and oxygen atoms in total. The average Bonchev–Trinajstić information content (AvgIpc) is 2.97. The number of pyridine rings is 1. The van der Waals surface area contributed by atoms with E-state index >= 15 is 0 Å². The van der Waals surface area contributed by atoms with Crippen LogP contribution in [0, 0.1) is 0 Å². The van der Waals surface area contributed by atoms with E-state index in [9.17, 15) is 0 Å². The number of rotatable bonds is 6. The second kappa shape index (κ2) is 7.09. The van der Waals surface area contributed by atoms with E-state index in [0.29, 0.717) is 11.8 Å². The normalized spacial score (nSPS) is 11.1. The van der Waals surface area contributed by atoms with Gasteiger partial charge in [-0.2, -0.15) is 0 Å². The molecule has 0 aliphatic heterocycles. The van der Waals surface area contributed by atoms with Gasteiger partial charge in [0, 0.05) is 30.0 Å². The van der Waals surface area contributed by atoms with Crippen LogP contribution in [0.2, 0.25) is 0 Å². The van der Waals surface area contributed by atoms with Crippen LogP contribution in [-0.4, -0.2) is 18.6 Å². The Morgan fingerprint density at radius 2 is 2.15 bits per heavy atom. The third-order valence-electron chi connectivity index (χ3n) is 3.30. The lowest BCUT2D eigenvalue weighted by molar-refractivity contribution is 0.800. The molecule has 0 N–H and O–H groups in total. The second-order valence-corrected chi connectivity index (χ2v) is 6.60. The highest BCUT2D eigenvalue weighted by molar-refractivity contribution is 7.09. The smallest absolute Gasteiger partial charge is 0.128 e. The zero-order valence-electron chi connectivity index (χ0n) is 12.3. The molecule has 0 fully saturated rings. The molecule has 0 bridgehead atoms. The number of aromatic nitrogens is 1. The van der Waals surface area contributed by atoms with Gasteiger partial charge in [0.1, 0.15) is 5.82 Å². The van der Waals surface area contributed by atoms with Crippen molar-refractivity contribution in [3.63, 3.8) is 0 Å². The van der Waals surface area contributed by atoms with Gasteiger partial charge in [-0.15, -0.1) is 22.9 Å². The summed E-state index contributed by atoms with van der Waals surface area (Å²) in [6, 6.07) is 8.48. The lowest BCUT2D eigenvalue weighted by Gasteiger charge is -2.20. The number of nitrogens with zero attached hydrogens (tertiary/aromatic N) is 2. The zero-order chi connectivity index (χ0) is 14.5. The molecular weight excluding hydrogens is 288 g/mol. The van der Waals surface area contributed by atoms with Crippen molar-refractivity contribution >= 4 is 28.8 Å². The van der Waals surface area contributed by atoms with Gasteiger partial charge in [0.05, 0.1) is 0 Å². The Hall–Kier alpha value is -1.06. The SMILES string of the molecule is CC(C)c1cc(CCl)cc(N(C)CCc2cccs2)n1. The van der Waals surface area contributed by atoms with Gasteiger partial charge in [-0.05, 0) is 41.5 Å². The standard InChI is InChI=1S/C16H21ClN2S/c1-12(2)15-9-13(11-17)10-16(18-15)19(3)7-6-14-5-4-8-20-14/h4-5,8-10,12H,6-7,11H2,1-3H3. The molecule has 4 heteroatoms. The number of anilines is 1. The predicted octanol–water partition coefficient (Wildman–Crippen LogP) is 4.68. The van der Waals surface area contributed by atoms with Crippen molar-refractivity contribution in [1.29, 1.82) is 0 Å². The number of alkyl halides is 1. The largest absolute Gasteiger partial charge is 0.359 e. The molecular formula is C16H21ClN2S. The second-order valence-electron chi connectivity index (χ2n) is 5.30. The summed E-state index contributed by atoms with van der Waals surface area (Å²) in [7, 11) is 2.10. The highest BCUT2D eigenvalue weighted by Crippen LogP contribution is 2.21. The van der Waals surface area contributed by atoms with E-state index in [0.717, 1.165) is 30.0 Å². The minimum absolute atomic E-state index is 0.419. The molecule has 0 aliphatic carbocycles. The first kappa shape index (κ1) is 15.3. The van der Waals surface area contributed by atoms with Crippen molar-refractivity contribution in [3.8, 4) is 0 Å². The lowest BCUT2D eigenvalue weighted by atomic mass is 10.1. The minimum Gasteiger partial charge on any atom is -0.359 e. The summed E-state index contributed by atoms with van der Waals surface area (Å²) in [6.45, 7) is 5.29. The number of hydrogen-bond donors (Lipinski definition) is 0. The first-order valence-electron chi connectivity index (χ1n) is 6.90. The van der Waals surface area contributed by atoms with Crippen LogP contribution in [0.4, 0.5) is 5.82 Å². The maximum atomic E-state index is 5.99. The first-order chi connectivity index (χ1) is 9.60.